The summed E-state index contributed by atoms with van der Waals surface area (Å²) in [7, 11) is -4.01. The van der Waals surface area contributed by atoms with Gasteiger partial charge in [-0.2, -0.15) is 8.42 Å². The van der Waals surface area contributed by atoms with Crippen LogP contribution < -0.4 is 0 Å². The molecule has 1 atom stereocenters. The Hall–Kier alpha value is -0.610. The summed E-state index contributed by atoms with van der Waals surface area (Å²) in [6.45, 7) is 5.62. The Morgan fingerprint density at radius 3 is 2.36 bits per heavy atom. The van der Waals surface area contributed by atoms with Crippen LogP contribution in [0.5, 0.6) is 0 Å². The summed E-state index contributed by atoms with van der Waals surface area (Å²) in [5.41, 5.74) is 1.12. The van der Waals surface area contributed by atoms with E-state index in [0.29, 0.717) is 12.3 Å². The van der Waals surface area contributed by atoms with Crippen LogP contribution in [0.4, 0.5) is 0 Å². The van der Waals surface area contributed by atoms with Gasteiger partial charge in [0.1, 0.15) is 4.75 Å². The zero-order chi connectivity index (χ0) is 11.0. The lowest BCUT2D eigenvalue weighted by Crippen LogP contribution is -2.33. The van der Waals surface area contributed by atoms with Crippen molar-refractivity contribution in [3.05, 3.63) is 23.8 Å². The zero-order valence-corrected chi connectivity index (χ0v) is 9.50. The molecule has 0 aromatic heterocycles. The first kappa shape index (κ1) is 11.5. The van der Waals surface area contributed by atoms with Crippen LogP contribution in [0.25, 0.3) is 0 Å². The molecule has 1 aliphatic rings. The Balaban J connectivity index is 2.94. The topological polar surface area (TPSA) is 54.4 Å². The summed E-state index contributed by atoms with van der Waals surface area (Å²) < 4.78 is 30.0. The van der Waals surface area contributed by atoms with Gasteiger partial charge >= 0.3 is 0 Å². The van der Waals surface area contributed by atoms with E-state index in [1.54, 1.807) is 12.2 Å². The van der Waals surface area contributed by atoms with Crippen LogP contribution in [0, 0.1) is 5.92 Å². The van der Waals surface area contributed by atoms with E-state index >= 15 is 0 Å². The van der Waals surface area contributed by atoms with Crippen molar-refractivity contribution in [1.82, 2.24) is 0 Å². The molecule has 1 rings (SSSR count). The monoisotopic (exact) mass is 216 g/mol. The highest BCUT2D eigenvalue weighted by molar-refractivity contribution is 7.87. The smallest absolute Gasteiger partial charge is 0.274 e. The van der Waals surface area contributed by atoms with Gasteiger partial charge < -0.3 is 0 Å². The highest BCUT2D eigenvalue weighted by Gasteiger charge is 2.35. The molecular weight excluding hydrogens is 200 g/mol. The molecule has 1 unspecified atom stereocenters. The second-order valence-electron chi connectivity index (χ2n) is 4.18. The van der Waals surface area contributed by atoms with Gasteiger partial charge in [-0.15, -0.1) is 0 Å². The molecule has 0 saturated heterocycles. The van der Waals surface area contributed by atoms with Gasteiger partial charge in [0.2, 0.25) is 0 Å². The van der Waals surface area contributed by atoms with Crippen molar-refractivity contribution in [1.29, 1.82) is 0 Å². The van der Waals surface area contributed by atoms with Crippen LogP contribution in [-0.4, -0.2) is 17.7 Å². The lowest BCUT2D eigenvalue weighted by molar-refractivity contribution is 0.451. The molecule has 0 aromatic rings. The standard InChI is InChI=1S/C10H16O3S/c1-8(2)9-4-6-10(3,7-5-9)14(11,12)13/h4-6,8H,7H2,1-3H3,(H,11,12,13). The number of allylic oxidation sites excluding steroid dienone is 3. The molecule has 0 heterocycles. The third kappa shape index (κ3) is 2.07. The third-order valence-electron chi connectivity index (χ3n) is 2.63. The SMILES string of the molecule is CC(C)C1=CCC(C)(S(=O)(=O)O)C=C1. The first-order valence-corrected chi connectivity index (χ1v) is 6.06. The van der Waals surface area contributed by atoms with Crippen molar-refractivity contribution in [2.24, 2.45) is 5.92 Å². The summed E-state index contributed by atoms with van der Waals surface area (Å²) in [6, 6.07) is 0. The van der Waals surface area contributed by atoms with E-state index in [2.05, 4.69) is 0 Å². The molecule has 0 aromatic carbocycles. The Morgan fingerprint density at radius 2 is 2.07 bits per heavy atom. The predicted octanol–water partition coefficient (Wildman–Crippen LogP) is 2.18. The molecule has 0 spiro atoms. The van der Waals surface area contributed by atoms with E-state index < -0.39 is 14.9 Å². The fraction of sp³-hybridized carbons (Fsp3) is 0.600. The van der Waals surface area contributed by atoms with Crippen molar-refractivity contribution in [3.8, 4) is 0 Å². The third-order valence-corrected chi connectivity index (χ3v) is 4.11. The summed E-state index contributed by atoms with van der Waals surface area (Å²) in [4.78, 5) is 0. The molecule has 0 bridgehead atoms. The van der Waals surface area contributed by atoms with Gasteiger partial charge in [0.25, 0.3) is 10.1 Å². The molecule has 14 heavy (non-hydrogen) atoms. The second kappa shape index (κ2) is 3.51. The molecule has 0 fully saturated rings. The Kier molecular flexibility index (Phi) is 2.88. The lowest BCUT2D eigenvalue weighted by atomic mass is 9.92. The van der Waals surface area contributed by atoms with E-state index in [1.807, 2.05) is 19.9 Å². The fourth-order valence-electron chi connectivity index (χ4n) is 1.35. The van der Waals surface area contributed by atoms with Crippen LogP contribution in [0.15, 0.2) is 23.8 Å². The van der Waals surface area contributed by atoms with Crippen LogP contribution in [0.2, 0.25) is 0 Å². The van der Waals surface area contributed by atoms with E-state index in [-0.39, 0.29) is 0 Å². The van der Waals surface area contributed by atoms with Gasteiger partial charge in [0.05, 0.1) is 0 Å². The average Bonchev–Trinajstić information content (AvgIpc) is 2.03. The average molecular weight is 216 g/mol. The highest BCUT2D eigenvalue weighted by atomic mass is 32.2. The van der Waals surface area contributed by atoms with Gasteiger partial charge in [0.15, 0.2) is 0 Å². The maximum atomic E-state index is 11.1. The summed E-state index contributed by atoms with van der Waals surface area (Å²) >= 11 is 0. The molecule has 1 N–H and O–H groups in total. The highest BCUT2D eigenvalue weighted by Crippen LogP contribution is 2.30. The molecule has 80 valence electrons. The van der Waals surface area contributed by atoms with E-state index in [0.717, 1.165) is 5.57 Å². The molecule has 1 aliphatic carbocycles. The lowest BCUT2D eigenvalue weighted by Gasteiger charge is -2.25. The van der Waals surface area contributed by atoms with E-state index in [9.17, 15) is 8.42 Å². The van der Waals surface area contributed by atoms with Gasteiger partial charge in [-0.1, -0.05) is 32.1 Å². The zero-order valence-electron chi connectivity index (χ0n) is 8.69. The number of hydrogen-bond donors (Lipinski definition) is 1. The molecule has 0 amide bonds. The minimum atomic E-state index is -4.01. The number of rotatable bonds is 2. The molecule has 0 aliphatic heterocycles. The largest absolute Gasteiger partial charge is 0.285 e. The molecular formula is C10H16O3S. The summed E-state index contributed by atoms with van der Waals surface area (Å²) in [6.07, 6.45) is 5.56. The van der Waals surface area contributed by atoms with E-state index in [1.165, 1.54) is 6.92 Å². The molecule has 3 nitrogen and oxygen atoms in total. The van der Waals surface area contributed by atoms with Gasteiger partial charge in [0, 0.05) is 0 Å². The summed E-state index contributed by atoms with van der Waals surface area (Å²) in [5.74, 6) is 0.386. The van der Waals surface area contributed by atoms with Crippen molar-refractivity contribution < 1.29 is 13.0 Å². The quantitative estimate of drug-likeness (QED) is 0.720. The molecule has 0 saturated carbocycles. The first-order valence-electron chi connectivity index (χ1n) is 4.62. The van der Waals surface area contributed by atoms with Gasteiger partial charge in [-0.05, 0) is 24.8 Å². The first-order chi connectivity index (χ1) is 6.26. The maximum absolute atomic E-state index is 11.1. The van der Waals surface area contributed by atoms with Gasteiger partial charge in [-0.25, -0.2) is 0 Å². The second-order valence-corrected chi connectivity index (χ2v) is 6.07. The minimum Gasteiger partial charge on any atom is -0.285 e. The fourth-order valence-corrected chi connectivity index (χ4v) is 1.88. The molecule has 0 radical (unpaired) electrons. The maximum Gasteiger partial charge on any atom is 0.274 e. The van der Waals surface area contributed by atoms with E-state index in [4.69, 9.17) is 4.55 Å². The number of hydrogen-bond acceptors (Lipinski definition) is 2. The van der Waals surface area contributed by atoms with Crippen molar-refractivity contribution in [2.45, 2.75) is 31.9 Å². The predicted molar refractivity (Wildman–Crippen MR) is 56.6 cm³/mol. The van der Waals surface area contributed by atoms with Crippen LogP contribution in [0.3, 0.4) is 0 Å². The Morgan fingerprint density at radius 1 is 1.50 bits per heavy atom. The van der Waals surface area contributed by atoms with Crippen molar-refractivity contribution in [3.63, 3.8) is 0 Å². The van der Waals surface area contributed by atoms with Crippen molar-refractivity contribution in [2.75, 3.05) is 0 Å². The van der Waals surface area contributed by atoms with Gasteiger partial charge in [-0.3, -0.25) is 4.55 Å². The molecule has 4 heteroatoms. The Bertz CT molecular complexity index is 376. The van der Waals surface area contributed by atoms with Crippen LogP contribution in [0.1, 0.15) is 27.2 Å². The minimum absolute atomic E-state index is 0.343. The Labute approximate surface area is 85.3 Å². The van der Waals surface area contributed by atoms with Crippen LogP contribution >= 0.6 is 0 Å². The summed E-state index contributed by atoms with van der Waals surface area (Å²) in [5, 5.41) is 0. The van der Waals surface area contributed by atoms with Crippen molar-refractivity contribution >= 4 is 10.1 Å². The normalized spacial score (nSPS) is 27.9. The van der Waals surface area contributed by atoms with Crippen LogP contribution in [-0.2, 0) is 10.1 Å².